The fraction of sp³-hybridized carbons (Fsp3) is 0.0500. The molecule has 0 unspecified atom stereocenters. The second-order valence-electron chi connectivity index (χ2n) is 4.90. The van der Waals surface area contributed by atoms with Gasteiger partial charge in [0, 0.05) is 31.7 Å². The summed E-state index contributed by atoms with van der Waals surface area (Å²) in [5.41, 5.74) is 2.26. The first-order valence-electron chi connectivity index (χ1n) is 7.00. The summed E-state index contributed by atoms with van der Waals surface area (Å²) >= 11 is 0. The van der Waals surface area contributed by atoms with Crippen LogP contribution in [0.5, 0.6) is 0 Å². The molecule has 1 radical (unpaired) electrons. The summed E-state index contributed by atoms with van der Waals surface area (Å²) < 4.78 is 0. The SMILES string of the molecule is Cc1[c-]cccc1.[Ir].c1ccc2c(c1)ccc1ncccc12. The molecule has 1 aromatic heterocycles. The maximum Gasteiger partial charge on any atom is 0.0708 e. The Labute approximate surface area is 144 Å². The Hall–Kier alpha value is -2.02. The quantitative estimate of drug-likeness (QED) is 0.259. The van der Waals surface area contributed by atoms with Gasteiger partial charge in [-0.05, 0) is 22.9 Å². The number of pyridine rings is 1. The van der Waals surface area contributed by atoms with Gasteiger partial charge in [0.1, 0.15) is 0 Å². The van der Waals surface area contributed by atoms with Crippen molar-refractivity contribution in [3.05, 3.63) is 90.6 Å². The molecule has 0 atom stereocenters. The van der Waals surface area contributed by atoms with Gasteiger partial charge in [0.05, 0.1) is 5.52 Å². The molecule has 2 heteroatoms. The zero-order valence-electron chi connectivity index (χ0n) is 12.3. The van der Waals surface area contributed by atoms with Crippen molar-refractivity contribution in [1.82, 2.24) is 4.98 Å². The summed E-state index contributed by atoms with van der Waals surface area (Å²) in [6.07, 6.45) is 1.83. The van der Waals surface area contributed by atoms with E-state index < -0.39 is 0 Å². The van der Waals surface area contributed by atoms with Crippen molar-refractivity contribution in [2.45, 2.75) is 6.92 Å². The van der Waals surface area contributed by atoms with Crippen LogP contribution in [-0.2, 0) is 20.1 Å². The fourth-order valence-electron chi connectivity index (χ4n) is 2.32. The van der Waals surface area contributed by atoms with E-state index in [4.69, 9.17) is 0 Å². The minimum Gasteiger partial charge on any atom is -0.256 e. The summed E-state index contributed by atoms with van der Waals surface area (Å²) in [4.78, 5) is 4.33. The molecule has 0 saturated heterocycles. The number of aromatic nitrogens is 1. The standard InChI is InChI=1S/C13H9N.C7H7.Ir/c1-2-5-11-10(4-1)7-8-13-12(11)6-3-9-14-13;1-7-5-3-2-4-6-7;/h1-9H;2-5H,1H3;/q;-1;. The van der Waals surface area contributed by atoms with E-state index in [2.05, 4.69) is 53.5 Å². The van der Waals surface area contributed by atoms with E-state index >= 15 is 0 Å². The predicted molar refractivity (Wildman–Crippen MR) is 89.3 cm³/mol. The molecule has 0 aliphatic heterocycles. The first-order valence-corrected chi connectivity index (χ1v) is 7.00. The molecule has 111 valence electrons. The Kier molecular flexibility index (Phi) is 5.82. The van der Waals surface area contributed by atoms with Crippen LogP contribution in [0.25, 0.3) is 21.7 Å². The Morgan fingerprint density at radius 1 is 0.773 bits per heavy atom. The molecule has 22 heavy (non-hydrogen) atoms. The third-order valence-corrected chi connectivity index (χ3v) is 3.37. The van der Waals surface area contributed by atoms with Gasteiger partial charge in [-0.2, -0.15) is 35.9 Å². The van der Waals surface area contributed by atoms with E-state index in [1.165, 1.54) is 21.7 Å². The van der Waals surface area contributed by atoms with E-state index in [9.17, 15) is 0 Å². The van der Waals surface area contributed by atoms with Gasteiger partial charge >= 0.3 is 0 Å². The van der Waals surface area contributed by atoms with Crippen LogP contribution in [0.1, 0.15) is 5.56 Å². The van der Waals surface area contributed by atoms with E-state index in [-0.39, 0.29) is 20.1 Å². The van der Waals surface area contributed by atoms with Crippen LogP contribution in [0.15, 0.2) is 79.0 Å². The average molecular weight is 463 g/mol. The Morgan fingerprint density at radius 3 is 2.27 bits per heavy atom. The summed E-state index contributed by atoms with van der Waals surface area (Å²) in [5, 5.41) is 3.77. The van der Waals surface area contributed by atoms with Crippen LogP contribution in [-0.4, -0.2) is 4.98 Å². The Morgan fingerprint density at radius 2 is 1.55 bits per heavy atom. The van der Waals surface area contributed by atoms with Gasteiger partial charge < -0.3 is 0 Å². The van der Waals surface area contributed by atoms with Crippen molar-refractivity contribution in [2.75, 3.05) is 0 Å². The molecule has 4 aromatic rings. The van der Waals surface area contributed by atoms with Crippen LogP contribution in [0.3, 0.4) is 0 Å². The molecule has 0 saturated carbocycles. The van der Waals surface area contributed by atoms with Gasteiger partial charge in [0.2, 0.25) is 0 Å². The maximum atomic E-state index is 4.33. The Bertz CT molecular complexity index is 802. The number of benzene rings is 3. The summed E-state index contributed by atoms with van der Waals surface area (Å²) in [6.45, 7) is 2.03. The molecule has 0 bridgehead atoms. The maximum absolute atomic E-state index is 4.33. The smallest absolute Gasteiger partial charge is 0.0708 e. The minimum atomic E-state index is 0. The predicted octanol–water partition coefficient (Wildman–Crippen LogP) is 5.18. The zero-order valence-corrected chi connectivity index (χ0v) is 14.7. The fourth-order valence-corrected chi connectivity index (χ4v) is 2.32. The van der Waals surface area contributed by atoms with E-state index in [1.807, 2.05) is 43.5 Å². The van der Waals surface area contributed by atoms with E-state index in [1.54, 1.807) is 0 Å². The number of hydrogen-bond donors (Lipinski definition) is 0. The number of nitrogens with zero attached hydrogens (tertiary/aromatic N) is 1. The molecule has 0 N–H and O–H groups in total. The minimum absolute atomic E-state index is 0. The molecular formula is C20H16IrN-. The van der Waals surface area contributed by atoms with Crippen LogP contribution >= 0.6 is 0 Å². The van der Waals surface area contributed by atoms with Crippen LogP contribution in [0.4, 0.5) is 0 Å². The van der Waals surface area contributed by atoms with Crippen molar-refractivity contribution in [1.29, 1.82) is 0 Å². The summed E-state index contributed by atoms with van der Waals surface area (Å²) in [5.74, 6) is 0. The van der Waals surface area contributed by atoms with Gasteiger partial charge in [-0.3, -0.25) is 4.98 Å². The summed E-state index contributed by atoms with van der Waals surface area (Å²) in [7, 11) is 0. The molecule has 0 amide bonds. The molecular weight excluding hydrogens is 446 g/mol. The molecule has 1 nitrogen and oxygen atoms in total. The topological polar surface area (TPSA) is 12.9 Å². The number of fused-ring (bicyclic) bond motifs is 3. The Balaban J connectivity index is 0.000000189. The molecule has 0 aliphatic carbocycles. The van der Waals surface area contributed by atoms with Gasteiger partial charge in [0.25, 0.3) is 0 Å². The van der Waals surface area contributed by atoms with Gasteiger partial charge in [-0.25, -0.2) is 0 Å². The van der Waals surface area contributed by atoms with E-state index in [0.29, 0.717) is 0 Å². The number of rotatable bonds is 0. The average Bonchev–Trinajstić information content (AvgIpc) is 2.56. The largest absolute Gasteiger partial charge is 0.256 e. The number of hydrogen-bond acceptors (Lipinski definition) is 1. The van der Waals surface area contributed by atoms with Crippen LogP contribution in [0.2, 0.25) is 0 Å². The third kappa shape index (κ3) is 3.79. The third-order valence-electron chi connectivity index (χ3n) is 3.37. The van der Waals surface area contributed by atoms with Gasteiger partial charge in [0.15, 0.2) is 0 Å². The second-order valence-corrected chi connectivity index (χ2v) is 4.90. The van der Waals surface area contributed by atoms with E-state index in [0.717, 1.165) is 5.52 Å². The van der Waals surface area contributed by atoms with Crippen LogP contribution < -0.4 is 0 Å². The van der Waals surface area contributed by atoms with Crippen LogP contribution in [0, 0.1) is 13.0 Å². The second kappa shape index (κ2) is 7.84. The molecule has 0 spiro atoms. The first kappa shape index (κ1) is 16.4. The van der Waals surface area contributed by atoms with Gasteiger partial charge in [-0.15, -0.1) is 0 Å². The first-order chi connectivity index (χ1) is 10.3. The monoisotopic (exact) mass is 463 g/mol. The van der Waals surface area contributed by atoms with Crippen molar-refractivity contribution < 1.29 is 20.1 Å². The van der Waals surface area contributed by atoms with Crippen molar-refractivity contribution in [2.24, 2.45) is 0 Å². The molecule has 1 heterocycles. The number of aryl methyl sites for hydroxylation is 1. The van der Waals surface area contributed by atoms with Crippen molar-refractivity contribution in [3.8, 4) is 0 Å². The zero-order chi connectivity index (χ0) is 14.5. The normalized spacial score (nSPS) is 9.68. The summed E-state index contributed by atoms with van der Waals surface area (Å²) in [6, 6.07) is 27.6. The molecule has 4 rings (SSSR count). The molecule has 3 aromatic carbocycles. The van der Waals surface area contributed by atoms with Crippen molar-refractivity contribution >= 4 is 21.7 Å². The molecule has 0 fully saturated rings. The van der Waals surface area contributed by atoms with Gasteiger partial charge in [-0.1, -0.05) is 43.3 Å². The van der Waals surface area contributed by atoms with Crippen molar-refractivity contribution in [3.63, 3.8) is 0 Å². The molecule has 0 aliphatic rings.